The predicted octanol–water partition coefficient (Wildman–Crippen LogP) is 1.57. The van der Waals surface area contributed by atoms with Gasteiger partial charge in [-0.05, 0) is 12.8 Å². The third-order valence-corrected chi connectivity index (χ3v) is 4.60. The van der Waals surface area contributed by atoms with Gasteiger partial charge in [0, 0.05) is 35.1 Å². The van der Waals surface area contributed by atoms with Crippen molar-refractivity contribution < 1.29 is 14.7 Å². The van der Waals surface area contributed by atoms with Crippen molar-refractivity contribution >= 4 is 17.7 Å². The maximum atomic E-state index is 11.9. The molecule has 1 aliphatic carbocycles. The Hall–Kier alpha value is -2.64. The molecule has 22 heavy (non-hydrogen) atoms. The molecule has 0 unspecified atom stereocenters. The number of anilines is 1. The molecule has 8 nitrogen and oxygen atoms in total. The fraction of sp³-hybridized carbons (Fsp3) is 0.429. The molecule has 1 saturated carbocycles. The van der Waals surface area contributed by atoms with Gasteiger partial charge in [0.05, 0.1) is 6.20 Å². The summed E-state index contributed by atoms with van der Waals surface area (Å²) in [6.45, 7) is 0. The average Bonchev–Trinajstić information content (AvgIpc) is 3.03. The molecule has 0 spiro atoms. The molecule has 0 aromatic carbocycles. The van der Waals surface area contributed by atoms with Crippen molar-refractivity contribution in [3.05, 3.63) is 28.7 Å². The van der Waals surface area contributed by atoms with Crippen LogP contribution in [-0.4, -0.2) is 37.4 Å². The van der Waals surface area contributed by atoms with Crippen LogP contribution in [0.4, 0.5) is 5.82 Å². The van der Waals surface area contributed by atoms with Crippen LogP contribution in [0.15, 0.2) is 6.20 Å². The lowest BCUT2D eigenvalue weighted by molar-refractivity contribution is -0.116. The van der Waals surface area contributed by atoms with Crippen LogP contribution in [0.3, 0.4) is 0 Å². The molecule has 8 heteroatoms. The Morgan fingerprint density at radius 1 is 1.32 bits per heavy atom. The summed E-state index contributed by atoms with van der Waals surface area (Å²) in [6.07, 6.45) is 5.06. The molecule has 1 amide bonds. The number of hydrogen-bond donors (Lipinski definition) is 4. The number of carboxylic acid groups (broad SMARTS) is 1. The van der Waals surface area contributed by atoms with Gasteiger partial charge in [-0.25, -0.2) is 4.79 Å². The number of aromatic amines is 2. The highest BCUT2D eigenvalue weighted by atomic mass is 16.4. The Morgan fingerprint density at radius 2 is 2.14 bits per heavy atom. The van der Waals surface area contributed by atoms with Crippen molar-refractivity contribution in [1.82, 2.24) is 20.4 Å². The normalized spacial score (nSPS) is 21.1. The molecule has 4 N–H and O–H groups in total. The van der Waals surface area contributed by atoms with E-state index in [9.17, 15) is 14.7 Å². The zero-order chi connectivity index (χ0) is 15.3. The first-order chi connectivity index (χ1) is 10.6. The number of carbonyl (C=O) groups is 2. The van der Waals surface area contributed by atoms with E-state index in [0.29, 0.717) is 17.3 Å². The van der Waals surface area contributed by atoms with Crippen LogP contribution in [0, 0.1) is 0 Å². The van der Waals surface area contributed by atoms with E-state index in [-0.39, 0.29) is 23.9 Å². The standard InChI is InChI=1S/C14H15N5O3/c20-9-4-7(8-5-15-17-12(8)14(21)22)10-11(6-2-1-3-6)18-19-13(10)16-9/h5-7H,1-4H2,(H,15,17)(H,21,22)(H2,16,18,19,20)/t7-/m0/s1. The maximum absolute atomic E-state index is 11.9. The summed E-state index contributed by atoms with van der Waals surface area (Å²) in [5, 5.41) is 25.6. The third kappa shape index (κ3) is 1.83. The van der Waals surface area contributed by atoms with E-state index in [4.69, 9.17) is 0 Å². The SMILES string of the molecule is O=C1C[C@@H](c2cn[nH]c2C(=O)O)c2c(n[nH]c2C2CCC2)N1. The van der Waals surface area contributed by atoms with Crippen LogP contribution in [0.2, 0.25) is 0 Å². The molecule has 0 bridgehead atoms. The van der Waals surface area contributed by atoms with Gasteiger partial charge < -0.3 is 10.4 Å². The number of rotatable bonds is 3. The van der Waals surface area contributed by atoms with Crippen LogP contribution >= 0.6 is 0 Å². The van der Waals surface area contributed by atoms with Gasteiger partial charge in [-0.15, -0.1) is 0 Å². The van der Waals surface area contributed by atoms with E-state index in [1.165, 1.54) is 12.6 Å². The van der Waals surface area contributed by atoms with Crippen molar-refractivity contribution in [1.29, 1.82) is 0 Å². The van der Waals surface area contributed by atoms with Gasteiger partial charge in [-0.2, -0.15) is 10.2 Å². The number of hydrogen-bond acceptors (Lipinski definition) is 4. The monoisotopic (exact) mass is 301 g/mol. The molecule has 1 atom stereocenters. The highest BCUT2D eigenvalue weighted by Gasteiger charge is 2.37. The van der Waals surface area contributed by atoms with Gasteiger partial charge in [0.25, 0.3) is 0 Å². The average molecular weight is 301 g/mol. The lowest BCUT2D eigenvalue weighted by Crippen LogP contribution is -2.25. The third-order valence-electron chi connectivity index (χ3n) is 4.60. The van der Waals surface area contributed by atoms with Gasteiger partial charge in [0.2, 0.25) is 5.91 Å². The molecule has 0 radical (unpaired) electrons. The van der Waals surface area contributed by atoms with Gasteiger partial charge >= 0.3 is 5.97 Å². The topological polar surface area (TPSA) is 124 Å². The fourth-order valence-corrected chi connectivity index (χ4v) is 3.29. The molecule has 114 valence electrons. The number of nitrogens with one attached hydrogen (secondary N) is 3. The molecule has 4 rings (SSSR count). The van der Waals surface area contributed by atoms with Crippen molar-refractivity contribution in [2.24, 2.45) is 0 Å². The lowest BCUT2D eigenvalue weighted by atomic mass is 9.77. The van der Waals surface area contributed by atoms with Gasteiger partial charge in [0.1, 0.15) is 5.69 Å². The Kier molecular flexibility index (Phi) is 2.78. The van der Waals surface area contributed by atoms with Crippen molar-refractivity contribution in [3.8, 4) is 0 Å². The number of aromatic nitrogens is 4. The predicted molar refractivity (Wildman–Crippen MR) is 75.8 cm³/mol. The van der Waals surface area contributed by atoms with Crippen molar-refractivity contribution in [2.75, 3.05) is 5.32 Å². The molecule has 2 aromatic rings. The molecular formula is C14H15N5O3. The highest BCUT2D eigenvalue weighted by Crippen LogP contribution is 2.45. The number of fused-ring (bicyclic) bond motifs is 1. The fourth-order valence-electron chi connectivity index (χ4n) is 3.29. The second-order valence-electron chi connectivity index (χ2n) is 5.84. The summed E-state index contributed by atoms with van der Waals surface area (Å²) in [5.74, 6) is -0.645. The second kappa shape index (κ2) is 4.69. The summed E-state index contributed by atoms with van der Waals surface area (Å²) in [7, 11) is 0. The zero-order valence-electron chi connectivity index (χ0n) is 11.7. The number of H-pyrrole nitrogens is 2. The number of aromatic carboxylic acids is 1. The first-order valence-electron chi connectivity index (χ1n) is 7.29. The van der Waals surface area contributed by atoms with Crippen molar-refractivity contribution in [2.45, 2.75) is 37.5 Å². The Bertz CT molecular complexity index is 758. The van der Waals surface area contributed by atoms with Crippen LogP contribution in [-0.2, 0) is 4.79 Å². The highest BCUT2D eigenvalue weighted by molar-refractivity contribution is 5.95. The lowest BCUT2D eigenvalue weighted by Gasteiger charge is -2.29. The Morgan fingerprint density at radius 3 is 2.82 bits per heavy atom. The van der Waals surface area contributed by atoms with Gasteiger partial charge in [0.15, 0.2) is 5.82 Å². The first-order valence-corrected chi connectivity index (χ1v) is 7.29. The summed E-state index contributed by atoms with van der Waals surface area (Å²) in [4.78, 5) is 23.3. The van der Waals surface area contributed by atoms with E-state index >= 15 is 0 Å². The van der Waals surface area contributed by atoms with Crippen LogP contribution in [0.25, 0.3) is 0 Å². The summed E-state index contributed by atoms with van der Waals surface area (Å²) < 4.78 is 0. The quantitative estimate of drug-likeness (QED) is 0.685. The van der Waals surface area contributed by atoms with Gasteiger partial charge in [-0.1, -0.05) is 6.42 Å². The Labute approximate surface area is 125 Å². The summed E-state index contributed by atoms with van der Waals surface area (Å²) >= 11 is 0. The smallest absolute Gasteiger partial charge is 0.354 e. The molecule has 2 aromatic heterocycles. The van der Waals surface area contributed by atoms with Crippen molar-refractivity contribution in [3.63, 3.8) is 0 Å². The molecule has 1 aliphatic heterocycles. The minimum atomic E-state index is -1.08. The maximum Gasteiger partial charge on any atom is 0.354 e. The summed E-state index contributed by atoms with van der Waals surface area (Å²) in [5.41, 5.74) is 2.49. The zero-order valence-corrected chi connectivity index (χ0v) is 11.7. The largest absolute Gasteiger partial charge is 0.477 e. The molecule has 0 saturated heterocycles. The number of amides is 1. The van der Waals surface area contributed by atoms with Gasteiger partial charge in [-0.3, -0.25) is 15.0 Å². The molecule has 3 heterocycles. The minimum absolute atomic E-state index is 0.0337. The number of carbonyl (C=O) groups excluding carboxylic acids is 1. The minimum Gasteiger partial charge on any atom is -0.477 e. The summed E-state index contributed by atoms with van der Waals surface area (Å²) in [6, 6.07) is 0. The van der Waals surface area contributed by atoms with Crippen LogP contribution < -0.4 is 5.32 Å². The van der Waals surface area contributed by atoms with E-state index in [1.54, 1.807) is 0 Å². The van der Waals surface area contributed by atoms with E-state index < -0.39 is 5.97 Å². The van der Waals surface area contributed by atoms with Crippen LogP contribution in [0.1, 0.15) is 64.8 Å². The Balaban J connectivity index is 1.84. The van der Waals surface area contributed by atoms with E-state index in [0.717, 1.165) is 24.1 Å². The van der Waals surface area contributed by atoms with E-state index in [1.807, 2.05) is 0 Å². The second-order valence-corrected chi connectivity index (χ2v) is 5.84. The molecule has 1 fully saturated rings. The van der Waals surface area contributed by atoms with Crippen LogP contribution in [0.5, 0.6) is 0 Å². The first kappa shape index (κ1) is 13.1. The molecular weight excluding hydrogens is 286 g/mol. The molecule has 2 aliphatic rings. The van der Waals surface area contributed by atoms with E-state index in [2.05, 4.69) is 25.7 Å². The number of nitrogens with zero attached hydrogens (tertiary/aromatic N) is 2. The number of carboxylic acids is 1.